The van der Waals surface area contributed by atoms with E-state index in [-0.39, 0.29) is 21.5 Å². The van der Waals surface area contributed by atoms with E-state index in [4.69, 9.17) is 9.72 Å². The first-order valence-corrected chi connectivity index (χ1v) is 25.4. The number of piperazine rings is 1. The highest BCUT2D eigenvalue weighted by atomic mass is 19.4. The van der Waals surface area contributed by atoms with Crippen molar-refractivity contribution in [3.8, 4) is 23.1 Å². The zero-order valence-corrected chi connectivity index (χ0v) is 44.6. The third-order valence-electron chi connectivity index (χ3n) is 15.0. The smallest absolute Gasteiger partial charge is 0.407 e. The summed E-state index contributed by atoms with van der Waals surface area (Å²) < 4.78 is 156. The molecule has 81 heavy (non-hydrogen) atoms. The molecule has 5 heterocycles. The zero-order valence-electron chi connectivity index (χ0n) is 44.6. The summed E-state index contributed by atoms with van der Waals surface area (Å²) in [5.41, 5.74) is -3.76. The molecule has 440 valence electrons. The van der Waals surface area contributed by atoms with Crippen molar-refractivity contribution >= 4 is 29.8 Å². The quantitative estimate of drug-likeness (QED) is 0.0323. The van der Waals surface area contributed by atoms with Crippen LogP contribution in [-0.4, -0.2) is 154 Å². The predicted molar refractivity (Wildman–Crippen MR) is 270 cm³/mol. The summed E-state index contributed by atoms with van der Waals surface area (Å²) in [6.45, 7) is 1.69. The van der Waals surface area contributed by atoms with Gasteiger partial charge in [-0.15, -0.1) is 0 Å². The second kappa shape index (κ2) is 24.5. The number of aliphatic hydroxyl groups is 1. The minimum Gasteiger partial charge on any atom is -0.465 e. The normalized spacial score (nSPS) is 18.5. The van der Waals surface area contributed by atoms with Gasteiger partial charge in [0.15, 0.2) is 0 Å². The molecule has 0 radical (unpaired) electrons. The maximum atomic E-state index is 16.0. The number of ether oxygens (including phenoxy) is 2. The molecule has 3 aliphatic rings. The van der Waals surface area contributed by atoms with E-state index in [2.05, 4.69) is 36.8 Å². The van der Waals surface area contributed by atoms with E-state index >= 15 is 8.78 Å². The lowest BCUT2D eigenvalue weighted by Crippen LogP contribution is -2.63. The van der Waals surface area contributed by atoms with E-state index in [1.54, 1.807) is 18.3 Å². The molecule has 4 amide bonds. The summed E-state index contributed by atoms with van der Waals surface area (Å²) in [5, 5.41) is 31.2. The minimum atomic E-state index is -5.29. The third-order valence-corrected chi connectivity index (χ3v) is 15.0. The van der Waals surface area contributed by atoms with Gasteiger partial charge in [0, 0.05) is 72.9 Å². The SMILES string of the molecule is COC(=O)N[C@H](C(=O)N[C@@H](Cc1ccc(C#Cc2cnc(N3CC4CCC(C3)N4C3COC3)cc2C)cc1)[C@@H](O)CN(Cc1c(F)cc(-c2ccn(C(F)F)n2)cc1F)NC(=O)[C@@H](NC(=O)O)C(C)(C)C(F)(F)F)C(C)(C)C(F)(F)F. The average molecular weight is 1160 g/mol. The van der Waals surface area contributed by atoms with Crippen LogP contribution in [0.3, 0.4) is 0 Å². The van der Waals surface area contributed by atoms with Crippen molar-refractivity contribution < 1.29 is 82.8 Å². The number of benzene rings is 2. The van der Waals surface area contributed by atoms with E-state index < -0.39 is 115 Å². The average Bonchev–Trinajstić information content (AvgIpc) is 4.16. The number of aliphatic hydroxyl groups excluding tert-OH is 1. The van der Waals surface area contributed by atoms with Crippen LogP contribution >= 0.6 is 0 Å². The highest BCUT2D eigenvalue weighted by molar-refractivity contribution is 5.87. The molecule has 28 heteroatoms. The number of aromatic nitrogens is 3. The van der Waals surface area contributed by atoms with Crippen LogP contribution in [-0.2, 0) is 32.0 Å². The van der Waals surface area contributed by atoms with Crippen LogP contribution in [0.4, 0.5) is 59.3 Å². The van der Waals surface area contributed by atoms with Crippen molar-refractivity contribution in [3.05, 3.63) is 100 Å². The molecule has 0 aliphatic carbocycles. The molecular weight excluding hydrogens is 1090 g/mol. The Morgan fingerprint density at radius 2 is 1.43 bits per heavy atom. The first-order chi connectivity index (χ1) is 37.9. The van der Waals surface area contributed by atoms with Crippen LogP contribution in [0.5, 0.6) is 0 Å². The molecule has 3 fully saturated rings. The lowest BCUT2D eigenvalue weighted by Gasteiger charge is -2.48. The molecular formula is C53H60F10N10O8. The van der Waals surface area contributed by atoms with Gasteiger partial charge in [-0.25, -0.2) is 33.0 Å². The summed E-state index contributed by atoms with van der Waals surface area (Å²) in [7, 11) is 0.813. The topological polar surface area (TPSA) is 216 Å². The second-order valence-electron chi connectivity index (χ2n) is 21.2. The fourth-order valence-corrected chi connectivity index (χ4v) is 9.82. The number of alkyl carbamates (subject to hydrolysis) is 1. The van der Waals surface area contributed by atoms with E-state index in [0.717, 1.165) is 69.9 Å². The Labute approximate surface area is 458 Å². The molecule has 0 spiro atoms. The Morgan fingerprint density at radius 3 is 1.94 bits per heavy atom. The Bertz CT molecular complexity index is 2960. The van der Waals surface area contributed by atoms with Crippen molar-refractivity contribution in [2.75, 3.05) is 44.9 Å². The van der Waals surface area contributed by atoms with E-state index in [1.807, 2.05) is 23.7 Å². The summed E-state index contributed by atoms with van der Waals surface area (Å²) in [6, 6.07) is 4.61. The van der Waals surface area contributed by atoms with E-state index in [0.29, 0.717) is 74.1 Å². The molecule has 2 aromatic carbocycles. The number of methoxy groups -OCH3 is 1. The van der Waals surface area contributed by atoms with Gasteiger partial charge in [-0.2, -0.15) is 40.2 Å². The van der Waals surface area contributed by atoms with Gasteiger partial charge in [-0.3, -0.25) is 19.9 Å². The molecule has 0 saturated carbocycles. The van der Waals surface area contributed by atoms with Crippen molar-refractivity contribution in [2.24, 2.45) is 10.8 Å². The van der Waals surface area contributed by atoms with E-state index in [1.165, 1.54) is 17.4 Å². The van der Waals surface area contributed by atoms with Crippen LogP contribution in [0.1, 0.15) is 74.9 Å². The minimum absolute atomic E-state index is 0.188. The molecule has 2 unspecified atom stereocenters. The second-order valence-corrected chi connectivity index (χ2v) is 21.2. The van der Waals surface area contributed by atoms with Crippen LogP contribution in [0.25, 0.3) is 11.3 Å². The van der Waals surface area contributed by atoms with Crippen LogP contribution < -0.4 is 26.3 Å². The van der Waals surface area contributed by atoms with Gasteiger partial charge in [-0.1, -0.05) is 24.0 Å². The molecule has 4 aromatic rings. The van der Waals surface area contributed by atoms with Crippen LogP contribution in [0.15, 0.2) is 60.9 Å². The number of hydrogen-bond acceptors (Lipinski definition) is 12. The number of aryl methyl sites for hydroxylation is 1. The first-order valence-electron chi connectivity index (χ1n) is 25.4. The number of amides is 4. The van der Waals surface area contributed by atoms with Gasteiger partial charge in [0.05, 0.1) is 55.0 Å². The number of carbonyl (C=O) groups excluding carboxylic acids is 3. The lowest BCUT2D eigenvalue weighted by molar-refractivity contribution is -0.221. The monoisotopic (exact) mass is 1150 g/mol. The first kappa shape index (κ1) is 61.4. The number of nitrogens with one attached hydrogen (secondary N) is 4. The van der Waals surface area contributed by atoms with Crippen molar-refractivity contribution in [1.82, 2.24) is 46.0 Å². The van der Waals surface area contributed by atoms with Crippen LogP contribution in [0, 0.1) is 41.2 Å². The molecule has 3 saturated heterocycles. The summed E-state index contributed by atoms with van der Waals surface area (Å²) in [4.78, 5) is 61.7. The fraction of sp³-hybridized carbons (Fsp3) is 0.509. The number of carboxylic acid groups (broad SMARTS) is 1. The largest absolute Gasteiger partial charge is 0.465 e. The number of hydrogen-bond donors (Lipinski definition) is 6. The number of alkyl halides is 8. The number of anilines is 1. The van der Waals surface area contributed by atoms with Gasteiger partial charge in [0.1, 0.15) is 29.5 Å². The number of pyridine rings is 1. The third kappa shape index (κ3) is 14.1. The molecule has 7 rings (SSSR count). The lowest BCUT2D eigenvalue weighted by atomic mass is 9.82. The summed E-state index contributed by atoms with van der Waals surface area (Å²) in [6.07, 6.45) is -12.0. The Balaban J connectivity index is 1.19. The summed E-state index contributed by atoms with van der Waals surface area (Å²) in [5.74, 6) is 0.734. The summed E-state index contributed by atoms with van der Waals surface area (Å²) >= 11 is 0. The number of fused-ring (bicyclic) bond motifs is 2. The molecule has 3 aliphatic heterocycles. The van der Waals surface area contributed by atoms with Crippen molar-refractivity contribution in [3.63, 3.8) is 0 Å². The van der Waals surface area contributed by atoms with Gasteiger partial charge < -0.3 is 40.5 Å². The standard InChI is InChI=1S/C53H60F10N10O8/c1-28-17-42(70-22-33-13-14-34(23-70)73(33)35-26-81-27-35)64-21-31(28)12-11-29-7-9-30(10-8-29)18-40(65-45(75)43(67-49(79)80-6)50(2,3)52(58,59)60)41(74)25-71(69-46(76)44(66-48(77)78)51(4,5)53(61,62)63)24-36-37(54)19-32(20-38(36)55)39-15-16-72(68-39)47(56)57/h7-10,15-17,19-21,33-35,40-41,43-44,47,66,74H,13-14,18,22-27H2,1-6H3,(H,65,75)(H,67,79)(H,69,76)(H,77,78)/t33?,34?,40-,41-,43+,44+/m0/s1. The molecule has 18 nitrogen and oxygen atoms in total. The maximum Gasteiger partial charge on any atom is 0.407 e. The Morgan fingerprint density at radius 1 is 0.840 bits per heavy atom. The van der Waals surface area contributed by atoms with Crippen molar-refractivity contribution in [2.45, 2.75) is 122 Å². The Kier molecular flexibility index (Phi) is 18.6. The van der Waals surface area contributed by atoms with Gasteiger partial charge in [-0.05, 0) is 101 Å². The van der Waals surface area contributed by atoms with Gasteiger partial charge in [0.25, 0.3) is 5.91 Å². The number of nitrogens with zero attached hydrogens (tertiary/aromatic N) is 6. The molecule has 2 bridgehead atoms. The maximum absolute atomic E-state index is 16.0. The van der Waals surface area contributed by atoms with Gasteiger partial charge in [0.2, 0.25) is 5.91 Å². The molecule has 2 aromatic heterocycles. The highest BCUT2D eigenvalue weighted by Crippen LogP contribution is 2.42. The molecule has 6 atom stereocenters. The Hall–Kier alpha value is -7.22. The van der Waals surface area contributed by atoms with Crippen molar-refractivity contribution in [1.29, 1.82) is 0 Å². The fourth-order valence-electron chi connectivity index (χ4n) is 9.82. The highest BCUT2D eigenvalue weighted by Gasteiger charge is 2.57. The molecule has 6 N–H and O–H groups in total. The predicted octanol–water partition coefficient (Wildman–Crippen LogP) is 6.84. The van der Waals surface area contributed by atoms with Crippen LogP contribution in [0.2, 0.25) is 0 Å². The number of carbonyl (C=O) groups is 4. The number of rotatable bonds is 19. The number of hydrazine groups is 1. The number of halogens is 10. The van der Waals surface area contributed by atoms with Gasteiger partial charge >= 0.3 is 31.1 Å². The van der Waals surface area contributed by atoms with E-state index in [9.17, 15) is 64.5 Å². The zero-order chi connectivity index (χ0) is 59.5.